The van der Waals surface area contributed by atoms with Crippen LogP contribution in [0.5, 0.6) is 0 Å². The molecule has 0 bridgehead atoms. The van der Waals surface area contributed by atoms with E-state index in [0.29, 0.717) is 12.1 Å². The number of rotatable bonds is 4. The van der Waals surface area contributed by atoms with Crippen molar-refractivity contribution >= 4 is 11.8 Å². The predicted molar refractivity (Wildman–Crippen MR) is 75.7 cm³/mol. The van der Waals surface area contributed by atoms with Gasteiger partial charge in [0.1, 0.15) is 0 Å². The Hall–Kier alpha value is 0.270. The Kier molecular flexibility index (Phi) is 5.64. The Labute approximate surface area is 110 Å². The number of hydrogen-bond donors (Lipinski definition) is 1. The molecule has 100 valence electrons. The van der Waals surface area contributed by atoms with Crippen molar-refractivity contribution in [3.05, 3.63) is 0 Å². The van der Waals surface area contributed by atoms with Crippen molar-refractivity contribution in [3.8, 4) is 0 Å². The molecule has 2 nitrogen and oxygen atoms in total. The highest BCUT2D eigenvalue weighted by molar-refractivity contribution is 7.99. The van der Waals surface area contributed by atoms with Crippen LogP contribution >= 0.6 is 11.8 Å². The number of ether oxygens (including phenoxy) is 1. The lowest BCUT2D eigenvalue weighted by atomic mass is 9.89. The second kappa shape index (κ2) is 7.01. The van der Waals surface area contributed by atoms with Gasteiger partial charge in [-0.25, -0.2) is 0 Å². The average Bonchev–Trinajstić information content (AvgIpc) is 2.40. The van der Waals surface area contributed by atoms with Gasteiger partial charge in [-0.05, 0) is 44.8 Å². The van der Waals surface area contributed by atoms with Crippen molar-refractivity contribution in [2.75, 3.05) is 13.4 Å². The molecule has 2 atom stereocenters. The summed E-state index contributed by atoms with van der Waals surface area (Å²) in [6.45, 7) is 0. The van der Waals surface area contributed by atoms with Crippen LogP contribution in [0.2, 0.25) is 0 Å². The van der Waals surface area contributed by atoms with Gasteiger partial charge < -0.3 is 10.1 Å². The van der Waals surface area contributed by atoms with E-state index in [1.807, 2.05) is 18.9 Å². The maximum absolute atomic E-state index is 5.62. The summed E-state index contributed by atoms with van der Waals surface area (Å²) in [5, 5.41) is 4.78. The molecule has 2 fully saturated rings. The van der Waals surface area contributed by atoms with E-state index < -0.39 is 0 Å². The Balaban J connectivity index is 1.76. The van der Waals surface area contributed by atoms with Gasteiger partial charge in [0.25, 0.3) is 0 Å². The highest BCUT2D eigenvalue weighted by Gasteiger charge is 2.28. The summed E-state index contributed by atoms with van der Waals surface area (Å²) in [5.41, 5.74) is 0. The third kappa shape index (κ3) is 3.87. The molecule has 2 aliphatic rings. The smallest absolute Gasteiger partial charge is 0.0724 e. The summed E-state index contributed by atoms with van der Waals surface area (Å²) in [6.07, 6.45) is 13.5. The maximum atomic E-state index is 5.62. The van der Waals surface area contributed by atoms with Gasteiger partial charge in [-0.15, -0.1) is 0 Å². The summed E-state index contributed by atoms with van der Waals surface area (Å²) in [6, 6.07) is 1.36. The first kappa shape index (κ1) is 13.7. The van der Waals surface area contributed by atoms with E-state index >= 15 is 0 Å². The minimum Gasteiger partial charge on any atom is -0.380 e. The molecule has 3 heteroatoms. The molecule has 0 amide bonds. The van der Waals surface area contributed by atoms with E-state index in [4.69, 9.17) is 4.74 Å². The first-order valence-corrected chi connectivity index (χ1v) is 8.44. The second-order valence-electron chi connectivity index (χ2n) is 5.54. The lowest BCUT2D eigenvalue weighted by Crippen LogP contribution is -2.48. The van der Waals surface area contributed by atoms with Crippen LogP contribution in [-0.4, -0.2) is 36.8 Å². The molecule has 0 aliphatic heterocycles. The molecular formula is C14H27NOS. The van der Waals surface area contributed by atoms with Crippen LogP contribution in [0.4, 0.5) is 0 Å². The molecule has 2 rings (SSSR count). The molecule has 0 spiro atoms. The van der Waals surface area contributed by atoms with Crippen LogP contribution in [0.1, 0.15) is 51.4 Å². The lowest BCUT2D eigenvalue weighted by Gasteiger charge is -2.36. The summed E-state index contributed by atoms with van der Waals surface area (Å²) in [4.78, 5) is 0. The highest BCUT2D eigenvalue weighted by Crippen LogP contribution is 2.28. The molecule has 0 aromatic rings. The van der Waals surface area contributed by atoms with Crippen LogP contribution in [-0.2, 0) is 4.74 Å². The molecule has 2 aliphatic carbocycles. The van der Waals surface area contributed by atoms with Crippen molar-refractivity contribution in [1.82, 2.24) is 5.32 Å². The van der Waals surface area contributed by atoms with Crippen molar-refractivity contribution in [2.45, 2.75) is 74.8 Å². The van der Waals surface area contributed by atoms with Gasteiger partial charge in [0, 0.05) is 24.4 Å². The zero-order chi connectivity index (χ0) is 12.1. The quantitative estimate of drug-likeness (QED) is 0.835. The topological polar surface area (TPSA) is 21.3 Å². The fourth-order valence-electron chi connectivity index (χ4n) is 3.34. The first-order valence-electron chi connectivity index (χ1n) is 7.15. The van der Waals surface area contributed by atoms with Crippen molar-refractivity contribution in [3.63, 3.8) is 0 Å². The molecule has 2 saturated carbocycles. The molecule has 0 radical (unpaired) electrons. The average molecular weight is 257 g/mol. The lowest BCUT2D eigenvalue weighted by molar-refractivity contribution is 0.0359. The van der Waals surface area contributed by atoms with Crippen LogP contribution in [0.15, 0.2) is 0 Å². The molecule has 0 aromatic heterocycles. The van der Waals surface area contributed by atoms with Gasteiger partial charge in [0.05, 0.1) is 6.10 Å². The number of hydrogen-bond acceptors (Lipinski definition) is 3. The summed E-state index contributed by atoms with van der Waals surface area (Å²) >= 11 is 2.05. The Morgan fingerprint density at radius 1 is 1.00 bits per heavy atom. The molecule has 0 saturated heterocycles. The van der Waals surface area contributed by atoms with E-state index in [1.54, 1.807) is 0 Å². The summed E-state index contributed by atoms with van der Waals surface area (Å²) in [5.74, 6) is 0. The van der Waals surface area contributed by atoms with Crippen molar-refractivity contribution in [1.29, 1.82) is 0 Å². The van der Waals surface area contributed by atoms with E-state index in [-0.39, 0.29) is 0 Å². The molecule has 17 heavy (non-hydrogen) atoms. The third-order valence-electron chi connectivity index (χ3n) is 4.46. The fraction of sp³-hybridized carbons (Fsp3) is 1.00. The summed E-state index contributed by atoms with van der Waals surface area (Å²) in [7, 11) is 1.87. The Bertz CT molecular complexity index is 216. The van der Waals surface area contributed by atoms with Crippen molar-refractivity contribution < 1.29 is 4.74 Å². The molecule has 2 unspecified atom stereocenters. The van der Waals surface area contributed by atoms with Crippen LogP contribution in [0.25, 0.3) is 0 Å². The zero-order valence-electron chi connectivity index (χ0n) is 11.3. The molecule has 0 aromatic carbocycles. The minimum atomic E-state index is 0.460. The molecule has 1 N–H and O–H groups in total. The number of methoxy groups -OCH3 is 1. The van der Waals surface area contributed by atoms with Gasteiger partial charge in [0.15, 0.2) is 0 Å². The monoisotopic (exact) mass is 257 g/mol. The molecular weight excluding hydrogens is 230 g/mol. The van der Waals surface area contributed by atoms with Gasteiger partial charge in [-0.3, -0.25) is 0 Å². The van der Waals surface area contributed by atoms with Gasteiger partial charge in [-0.2, -0.15) is 11.8 Å². The normalized spacial score (nSPS) is 39.2. The van der Waals surface area contributed by atoms with Crippen LogP contribution in [0, 0.1) is 0 Å². The highest BCUT2D eigenvalue weighted by atomic mass is 32.2. The van der Waals surface area contributed by atoms with E-state index in [2.05, 4.69) is 11.6 Å². The van der Waals surface area contributed by atoms with Crippen LogP contribution in [0.3, 0.4) is 0 Å². The fourth-order valence-corrected chi connectivity index (χ4v) is 4.08. The van der Waals surface area contributed by atoms with E-state index in [9.17, 15) is 0 Å². The van der Waals surface area contributed by atoms with E-state index in [1.165, 1.54) is 51.4 Å². The third-order valence-corrected chi connectivity index (χ3v) is 5.60. The number of thioether (sulfide) groups is 1. The Morgan fingerprint density at radius 3 is 2.35 bits per heavy atom. The van der Waals surface area contributed by atoms with Crippen LogP contribution < -0.4 is 5.32 Å². The SMILES string of the molecule is COC1CCCCC1NC1CCC(SC)CC1. The maximum Gasteiger partial charge on any atom is 0.0724 e. The van der Waals surface area contributed by atoms with Gasteiger partial charge in [0.2, 0.25) is 0 Å². The summed E-state index contributed by atoms with van der Waals surface area (Å²) < 4.78 is 5.62. The minimum absolute atomic E-state index is 0.460. The number of nitrogens with one attached hydrogen (secondary N) is 1. The zero-order valence-corrected chi connectivity index (χ0v) is 12.1. The predicted octanol–water partition coefficient (Wildman–Crippen LogP) is 3.21. The van der Waals surface area contributed by atoms with E-state index in [0.717, 1.165) is 11.3 Å². The Morgan fingerprint density at radius 2 is 1.71 bits per heavy atom. The largest absolute Gasteiger partial charge is 0.380 e. The molecule has 0 heterocycles. The van der Waals surface area contributed by atoms with Gasteiger partial charge >= 0.3 is 0 Å². The van der Waals surface area contributed by atoms with Gasteiger partial charge in [-0.1, -0.05) is 12.8 Å². The first-order chi connectivity index (χ1) is 8.33. The van der Waals surface area contributed by atoms with Crippen molar-refractivity contribution in [2.24, 2.45) is 0 Å². The second-order valence-corrected chi connectivity index (χ2v) is 6.68. The standard InChI is InChI=1S/C14H27NOS/c1-16-14-6-4-3-5-13(14)15-11-7-9-12(17-2)10-8-11/h11-15H,3-10H2,1-2H3.